The number of benzene rings is 2. The molecule has 3 heteroatoms. The SMILES string of the molecule is Fc1ccccc1CCOc1ccccc1C1=CCCC=CN1. The Labute approximate surface area is 136 Å². The summed E-state index contributed by atoms with van der Waals surface area (Å²) < 4.78 is 19.6. The predicted molar refractivity (Wildman–Crippen MR) is 91.5 cm³/mol. The number of halogens is 1. The first-order chi connectivity index (χ1) is 11.3. The molecule has 2 nitrogen and oxygen atoms in total. The van der Waals surface area contributed by atoms with Crippen molar-refractivity contribution in [2.24, 2.45) is 0 Å². The van der Waals surface area contributed by atoms with Crippen LogP contribution in [0, 0.1) is 5.82 Å². The molecule has 1 N–H and O–H groups in total. The van der Waals surface area contributed by atoms with Crippen molar-refractivity contribution in [3.63, 3.8) is 0 Å². The monoisotopic (exact) mass is 309 g/mol. The van der Waals surface area contributed by atoms with E-state index in [-0.39, 0.29) is 5.82 Å². The molecule has 1 aliphatic heterocycles. The Morgan fingerprint density at radius 1 is 1.00 bits per heavy atom. The lowest BCUT2D eigenvalue weighted by Gasteiger charge is -2.14. The van der Waals surface area contributed by atoms with Crippen molar-refractivity contribution in [2.45, 2.75) is 19.3 Å². The molecule has 0 atom stereocenters. The number of rotatable bonds is 5. The van der Waals surface area contributed by atoms with Crippen molar-refractivity contribution >= 4 is 5.70 Å². The smallest absolute Gasteiger partial charge is 0.128 e. The van der Waals surface area contributed by atoms with Crippen LogP contribution in [-0.4, -0.2) is 6.61 Å². The molecule has 0 fully saturated rings. The minimum atomic E-state index is -0.178. The van der Waals surface area contributed by atoms with Gasteiger partial charge in [-0.3, -0.25) is 0 Å². The van der Waals surface area contributed by atoms with Gasteiger partial charge in [0.2, 0.25) is 0 Å². The van der Waals surface area contributed by atoms with Gasteiger partial charge in [-0.15, -0.1) is 0 Å². The summed E-state index contributed by atoms with van der Waals surface area (Å²) in [5, 5.41) is 3.30. The van der Waals surface area contributed by atoms with Crippen LogP contribution in [0.1, 0.15) is 24.0 Å². The molecule has 23 heavy (non-hydrogen) atoms. The summed E-state index contributed by atoms with van der Waals surface area (Å²) in [5.41, 5.74) is 2.77. The molecule has 1 aliphatic rings. The van der Waals surface area contributed by atoms with E-state index < -0.39 is 0 Å². The van der Waals surface area contributed by atoms with Gasteiger partial charge in [-0.25, -0.2) is 4.39 Å². The maximum atomic E-state index is 13.6. The number of ether oxygens (including phenoxy) is 1. The van der Waals surface area contributed by atoms with Gasteiger partial charge in [0.05, 0.1) is 6.61 Å². The Hall–Kier alpha value is -2.55. The van der Waals surface area contributed by atoms with Gasteiger partial charge < -0.3 is 10.1 Å². The highest BCUT2D eigenvalue weighted by Gasteiger charge is 2.09. The molecule has 0 saturated heterocycles. The molecule has 0 aromatic heterocycles. The van der Waals surface area contributed by atoms with Gasteiger partial charge in [-0.1, -0.05) is 42.5 Å². The van der Waals surface area contributed by atoms with Crippen molar-refractivity contribution in [2.75, 3.05) is 6.61 Å². The third kappa shape index (κ3) is 4.01. The maximum absolute atomic E-state index is 13.6. The van der Waals surface area contributed by atoms with E-state index >= 15 is 0 Å². The maximum Gasteiger partial charge on any atom is 0.128 e. The highest BCUT2D eigenvalue weighted by atomic mass is 19.1. The third-order valence-corrected chi connectivity index (χ3v) is 3.80. The molecular formula is C20H20FNO. The summed E-state index contributed by atoms with van der Waals surface area (Å²) in [7, 11) is 0. The van der Waals surface area contributed by atoms with E-state index in [1.54, 1.807) is 12.1 Å². The molecule has 0 saturated carbocycles. The Kier molecular flexibility index (Phi) is 5.09. The molecule has 1 heterocycles. The van der Waals surface area contributed by atoms with E-state index in [2.05, 4.69) is 17.5 Å². The molecule has 0 spiro atoms. The van der Waals surface area contributed by atoms with Crippen molar-refractivity contribution in [1.29, 1.82) is 0 Å². The van der Waals surface area contributed by atoms with Crippen molar-refractivity contribution in [3.05, 3.63) is 83.8 Å². The quantitative estimate of drug-likeness (QED) is 0.865. The number of hydrogen-bond acceptors (Lipinski definition) is 2. The largest absolute Gasteiger partial charge is 0.493 e. The highest BCUT2D eigenvalue weighted by molar-refractivity contribution is 5.70. The second kappa shape index (κ2) is 7.63. The summed E-state index contributed by atoms with van der Waals surface area (Å²) >= 11 is 0. The Balaban J connectivity index is 1.70. The van der Waals surface area contributed by atoms with Crippen molar-refractivity contribution in [3.8, 4) is 5.75 Å². The summed E-state index contributed by atoms with van der Waals surface area (Å²) in [6.07, 6.45) is 8.85. The van der Waals surface area contributed by atoms with Gasteiger partial charge in [0.15, 0.2) is 0 Å². The molecule has 0 amide bonds. The van der Waals surface area contributed by atoms with Gasteiger partial charge in [0, 0.05) is 17.7 Å². The lowest BCUT2D eigenvalue weighted by molar-refractivity contribution is 0.319. The second-order valence-corrected chi connectivity index (χ2v) is 5.43. The standard InChI is InChI=1S/C20H20FNO/c21-18-10-5-3-8-16(18)13-15-23-20-12-6-4-9-17(20)19-11-2-1-7-14-22-19/h3-12,14,22H,1-2,13,15H2. The molecular weight excluding hydrogens is 289 g/mol. The first-order valence-electron chi connectivity index (χ1n) is 7.92. The van der Waals surface area contributed by atoms with Crippen LogP contribution in [0.4, 0.5) is 4.39 Å². The van der Waals surface area contributed by atoms with E-state index in [0.29, 0.717) is 18.6 Å². The molecule has 3 rings (SSSR count). The van der Waals surface area contributed by atoms with Crippen molar-refractivity contribution in [1.82, 2.24) is 5.32 Å². The summed E-state index contributed by atoms with van der Waals surface area (Å²) in [4.78, 5) is 0. The fraction of sp³-hybridized carbons (Fsp3) is 0.200. The average Bonchev–Trinajstić information content (AvgIpc) is 2.86. The van der Waals surface area contributed by atoms with Crippen LogP contribution < -0.4 is 10.1 Å². The molecule has 0 radical (unpaired) electrons. The first-order valence-corrected chi connectivity index (χ1v) is 7.92. The third-order valence-electron chi connectivity index (χ3n) is 3.80. The summed E-state index contributed by atoms with van der Waals surface area (Å²) in [6, 6.07) is 14.8. The van der Waals surface area contributed by atoms with Gasteiger partial charge in [0.1, 0.15) is 11.6 Å². The normalized spacial score (nSPS) is 13.9. The van der Waals surface area contributed by atoms with Crippen LogP contribution in [0.5, 0.6) is 5.75 Å². The number of para-hydroxylation sites is 1. The average molecular weight is 309 g/mol. The van der Waals surface area contributed by atoms with Gasteiger partial charge in [-0.2, -0.15) is 0 Å². The summed E-state index contributed by atoms with van der Waals surface area (Å²) in [5.74, 6) is 0.639. The van der Waals surface area contributed by atoms with Gasteiger partial charge >= 0.3 is 0 Å². The van der Waals surface area contributed by atoms with Crippen LogP contribution in [0.2, 0.25) is 0 Å². The molecule has 0 unspecified atom stereocenters. The second-order valence-electron chi connectivity index (χ2n) is 5.43. The van der Waals surface area contributed by atoms with Crippen LogP contribution in [-0.2, 0) is 6.42 Å². The lowest BCUT2D eigenvalue weighted by Crippen LogP contribution is -2.08. The van der Waals surface area contributed by atoms with Crippen LogP contribution in [0.15, 0.2) is 66.9 Å². The summed E-state index contributed by atoms with van der Waals surface area (Å²) in [6.45, 7) is 0.446. The van der Waals surface area contributed by atoms with Gasteiger partial charge in [0.25, 0.3) is 0 Å². The minimum Gasteiger partial charge on any atom is -0.493 e. The zero-order valence-electron chi connectivity index (χ0n) is 13.0. The zero-order valence-corrected chi connectivity index (χ0v) is 13.0. The topological polar surface area (TPSA) is 21.3 Å². The van der Waals surface area contributed by atoms with E-state index in [1.165, 1.54) is 6.07 Å². The van der Waals surface area contributed by atoms with Crippen molar-refractivity contribution < 1.29 is 9.13 Å². The number of nitrogens with one attached hydrogen (secondary N) is 1. The fourth-order valence-corrected chi connectivity index (χ4v) is 2.59. The van der Waals surface area contributed by atoms with E-state index in [4.69, 9.17) is 4.74 Å². The Bertz CT molecular complexity index is 721. The predicted octanol–water partition coefficient (Wildman–Crippen LogP) is 4.69. The molecule has 2 aromatic rings. The van der Waals surface area contributed by atoms with E-state index in [1.807, 2.05) is 36.5 Å². The first kappa shape index (κ1) is 15.3. The van der Waals surface area contributed by atoms with E-state index in [0.717, 1.165) is 29.9 Å². The van der Waals surface area contributed by atoms with Crippen LogP contribution in [0.25, 0.3) is 5.70 Å². The zero-order chi connectivity index (χ0) is 15.9. The highest BCUT2D eigenvalue weighted by Crippen LogP contribution is 2.26. The van der Waals surface area contributed by atoms with E-state index in [9.17, 15) is 4.39 Å². The van der Waals surface area contributed by atoms with Gasteiger partial charge in [-0.05, 0) is 42.8 Å². The lowest BCUT2D eigenvalue weighted by atomic mass is 10.1. The number of allylic oxidation sites excluding steroid dienone is 2. The van der Waals surface area contributed by atoms with Crippen LogP contribution in [0.3, 0.4) is 0 Å². The van der Waals surface area contributed by atoms with Crippen LogP contribution >= 0.6 is 0 Å². The molecule has 2 aromatic carbocycles. The molecule has 0 bridgehead atoms. The Morgan fingerprint density at radius 3 is 2.74 bits per heavy atom. The Morgan fingerprint density at radius 2 is 1.83 bits per heavy atom. The fourth-order valence-electron chi connectivity index (χ4n) is 2.59. The molecule has 118 valence electrons. The molecule has 0 aliphatic carbocycles. The minimum absolute atomic E-state index is 0.178. The number of hydrogen-bond donors (Lipinski definition) is 1.